The molecule has 0 fully saturated rings. The van der Waals surface area contributed by atoms with E-state index >= 15 is 0 Å². The molecule has 0 unspecified atom stereocenters. The van der Waals surface area contributed by atoms with Gasteiger partial charge in [0.25, 0.3) is 0 Å². The van der Waals surface area contributed by atoms with Gasteiger partial charge in [-0.15, -0.1) is 0 Å². The number of hydrogen-bond donors (Lipinski definition) is 0. The Hall–Kier alpha value is -1.51. The Bertz CT molecular complexity index is 714. The second kappa shape index (κ2) is 4.30. The maximum absolute atomic E-state index is 6.00. The highest BCUT2D eigenvalue weighted by Gasteiger charge is 2.10. The van der Waals surface area contributed by atoms with Crippen molar-refractivity contribution >= 4 is 28.8 Å². The summed E-state index contributed by atoms with van der Waals surface area (Å²) in [5.41, 5.74) is 3.96. The van der Waals surface area contributed by atoms with Crippen LogP contribution in [0, 0.1) is 6.92 Å². The Morgan fingerprint density at radius 3 is 2.33 bits per heavy atom. The molecule has 3 rings (SSSR count). The van der Waals surface area contributed by atoms with E-state index in [0.29, 0.717) is 5.02 Å². The van der Waals surface area contributed by atoms with Crippen molar-refractivity contribution < 1.29 is 0 Å². The van der Waals surface area contributed by atoms with Gasteiger partial charge in [-0.2, -0.15) is 0 Å². The average Bonchev–Trinajstić information content (AvgIpc) is 2.68. The molecule has 3 aromatic rings. The molecule has 0 aliphatic rings. The number of nitrogens with zero attached hydrogens (tertiary/aromatic N) is 2. The standard InChI is InChI=1S/C14H10Cl2N2/c1-9-14(10-2-4-11(15)5-3-10)17-13-7-6-12(16)8-18(9)13/h2-8H,1H3. The van der Waals surface area contributed by atoms with Crippen molar-refractivity contribution in [3.8, 4) is 11.3 Å². The lowest BCUT2D eigenvalue weighted by Crippen LogP contribution is -1.87. The molecule has 2 nitrogen and oxygen atoms in total. The Morgan fingerprint density at radius 1 is 0.944 bits per heavy atom. The van der Waals surface area contributed by atoms with Crippen molar-refractivity contribution in [2.75, 3.05) is 0 Å². The molecule has 0 bridgehead atoms. The van der Waals surface area contributed by atoms with Crippen LogP contribution in [-0.2, 0) is 0 Å². The quantitative estimate of drug-likeness (QED) is 0.634. The molecule has 0 saturated carbocycles. The lowest BCUT2D eigenvalue weighted by atomic mass is 10.1. The van der Waals surface area contributed by atoms with Crippen molar-refractivity contribution in [1.82, 2.24) is 9.38 Å². The van der Waals surface area contributed by atoms with Gasteiger partial charge in [-0.25, -0.2) is 4.98 Å². The smallest absolute Gasteiger partial charge is 0.137 e. The number of rotatable bonds is 1. The summed E-state index contributed by atoms with van der Waals surface area (Å²) in [4.78, 5) is 4.61. The third-order valence-electron chi connectivity index (χ3n) is 2.94. The second-order valence-electron chi connectivity index (χ2n) is 4.13. The van der Waals surface area contributed by atoms with E-state index in [1.807, 2.05) is 53.9 Å². The molecule has 0 aliphatic heterocycles. The van der Waals surface area contributed by atoms with Crippen molar-refractivity contribution in [2.45, 2.75) is 6.92 Å². The molecular weight excluding hydrogens is 267 g/mol. The molecular formula is C14H10Cl2N2. The summed E-state index contributed by atoms with van der Waals surface area (Å²) >= 11 is 11.9. The summed E-state index contributed by atoms with van der Waals surface area (Å²) in [6.45, 7) is 2.03. The molecule has 2 heterocycles. The number of halogens is 2. The van der Waals surface area contributed by atoms with E-state index in [0.717, 1.165) is 27.6 Å². The number of hydrogen-bond acceptors (Lipinski definition) is 1. The van der Waals surface area contributed by atoms with Crippen LogP contribution in [-0.4, -0.2) is 9.38 Å². The van der Waals surface area contributed by atoms with E-state index in [4.69, 9.17) is 23.2 Å². The minimum Gasteiger partial charge on any atom is -0.302 e. The Labute approximate surface area is 115 Å². The molecule has 4 heteroatoms. The molecule has 0 amide bonds. The van der Waals surface area contributed by atoms with E-state index in [-0.39, 0.29) is 0 Å². The summed E-state index contributed by atoms with van der Waals surface area (Å²) in [6, 6.07) is 11.4. The van der Waals surface area contributed by atoms with Crippen LogP contribution in [0.3, 0.4) is 0 Å². The molecule has 0 saturated heterocycles. The van der Waals surface area contributed by atoms with Gasteiger partial charge in [-0.1, -0.05) is 35.3 Å². The second-order valence-corrected chi connectivity index (χ2v) is 5.00. The van der Waals surface area contributed by atoms with Crippen LogP contribution >= 0.6 is 23.2 Å². The minimum atomic E-state index is 0.700. The van der Waals surface area contributed by atoms with Crippen molar-refractivity contribution in [3.63, 3.8) is 0 Å². The topological polar surface area (TPSA) is 17.3 Å². The van der Waals surface area contributed by atoms with Crippen LogP contribution in [0.5, 0.6) is 0 Å². The first-order valence-corrected chi connectivity index (χ1v) is 6.31. The number of fused-ring (bicyclic) bond motifs is 1. The lowest BCUT2D eigenvalue weighted by molar-refractivity contribution is 1.11. The zero-order valence-electron chi connectivity index (χ0n) is 9.69. The van der Waals surface area contributed by atoms with Gasteiger partial charge in [0.2, 0.25) is 0 Å². The van der Waals surface area contributed by atoms with Crippen LogP contribution in [0.4, 0.5) is 0 Å². The normalized spacial score (nSPS) is 11.1. The van der Waals surface area contributed by atoms with Gasteiger partial charge in [0, 0.05) is 22.5 Å². The van der Waals surface area contributed by atoms with Gasteiger partial charge in [-0.3, -0.25) is 0 Å². The van der Waals surface area contributed by atoms with Gasteiger partial charge in [-0.05, 0) is 31.2 Å². The average molecular weight is 277 g/mol. The highest BCUT2D eigenvalue weighted by molar-refractivity contribution is 6.30. The van der Waals surface area contributed by atoms with Crippen molar-refractivity contribution in [1.29, 1.82) is 0 Å². The lowest BCUT2D eigenvalue weighted by Gasteiger charge is -2.00. The van der Waals surface area contributed by atoms with Crippen LogP contribution in [0.25, 0.3) is 16.9 Å². The molecule has 0 atom stereocenters. The van der Waals surface area contributed by atoms with Gasteiger partial charge < -0.3 is 4.40 Å². The molecule has 90 valence electrons. The van der Waals surface area contributed by atoms with Gasteiger partial charge in [0.1, 0.15) is 5.65 Å². The predicted molar refractivity (Wildman–Crippen MR) is 75.4 cm³/mol. The van der Waals surface area contributed by atoms with E-state index in [1.165, 1.54) is 0 Å². The number of aromatic nitrogens is 2. The van der Waals surface area contributed by atoms with E-state index in [2.05, 4.69) is 4.98 Å². The zero-order chi connectivity index (χ0) is 12.7. The Balaban J connectivity index is 2.23. The van der Waals surface area contributed by atoms with Crippen LogP contribution in [0.15, 0.2) is 42.6 Å². The molecule has 0 radical (unpaired) electrons. The number of pyridine rings is 1. The van der Waals surface area contributed by atoms with E-state index in [9.17, 15) is 0 Å². The fraction of sp³-hybridized carbons (Fsp3) is 0.0714. The first-order valence-electron chi connectivity index (χ1n) is 5.55. The number of imidazole rings is 1. The third kappa shape index (κ3) is 1.88. The summed E-state index contributed by atoms with van der Waals surface area (Å²) in [5.74, 6) is 0. The largest absolute Gasteiger partial charge is 0.302 e. The van der Waals surface area contributed by atoms with Gasteiger partial charge in [0.15, 0.2) is 0 Å². The number of aryl methyl sites for hydroxylation is 1. The molecule has 0 spiro atoms. The van der Waals surface area contributed by atoms with E-state index < -0.39 is 0 Å². The van der Waals surface area contributed by atoms with Crippen LogP contribution in [0.1, 0.15) is 5.69 Å². The predicted octanol–water partition coefficient (Wildman–Crippen LogP) is 4.62. The Kier molecular flexibility index (Phi) is 2.77. The van der Waals surface area contributed by atoms with Crippen molar-refractivity contribution in [3.05, 3.63) is 58.3 Å². The molecule has 0 N–H and O–H groups in total. The van der Waals surface area contributed by atoms with Crippen LogP contribution < -0.4 is 0 Å². The Morgan fingerprint density at radius 2 is 1.61 bits per heavy atom. The number of benzene rings is 1. The SMILES string of the molecule is Cc1c(-c2ccc(Cl)cc2)nc2ccc(Cl)cn12. The van der Waals surface area contributed by atoms with Gasteiger partial charge >= 0.3 is 0 Å². The summed E-state index contributed by atoms with van der Waals surface area (Å²) in [5, 5.41) is 1.42. The maximum Gasteiger partial charge on any atom is 0.137 e. The fourth-order valence-corrected chi connectivity index (χ4v) is 2.30. The fourth-order valence-electron chi connectivity index (χ4n) is 2.02. The zero-order valence-corrected chi connectivity index (χ0v) is 11.2. The molecule has 1 aromatic carbocycles. The maximum atomic E-state index is 6.00. The first kappa shape index (κ1) is 11.6. The van der Waals surface area contributed by atoms with Crippen molar-refractivity contribution in [2.24, 2.45) is 0 Å². The van der Waals surface area contributed by atoms with E-state index in [1.54, 1.807) is 0 Å². The first-order chi connectivity index (χ1) is 8.65. The molecule has 18 heavy (non-hydrogen) atoms. The minimum absolute atomic E-state index is 0.700. The molecule has 2 aromatic heterocycles. The monoisotopic (exact) mass is 276 g/mol. The summed E-state index contributed by atoms with van der Waals surface area (Å²) < 4.78 is 1.99. The highest BCUT2D eigenvalue weighted by Crippen LogP contribution is 2.26. The summed E-state index contributed by atoms with van der Waals surface area (Å²) in [6.07, 6.45) is 1.87. The third-order valence-corrected chi connectivity index (χ3v) is 3.41. The molecule has 0 aliphatic carbocycles. The summed E-state index contributed by atoms with van der Waals surface area (Å²) in [7, 11) is 0. The van der Waals surface area contributed by atoms with Gasteiger partial charge in [0.05, 0.1) is 10.7 Å². The van der Waals surface area contributed by atoms with Crippen LogP contribution in [0.2, 0.25) is 10.0 Å². The highest BCUT2D eigenvalue weighted by atomic mass is 35.5.